The van der Waals surface area contributed by atoms with E-state index in [0.29, 0.717) is 17.5 Å². The fourth-order valence-electron chi connectivity index (χ4n) is 2.65. The van der Waals surface area contributed by atoms with Crippen LogP contribution in [0.25, 0.3) is 0 Å². The Morgan fingerprint density at radius 1 is 1.25 bits per heavy atom. The number of nitrogens with two attached hydrogens (primary N) is 1. The van der Waals surface area contributed by atoms with E-state index in [1.165, 1.54) is 11.1 Å². The number of aromatic nitrogens is 2. The van der Waals surface area contributed by atoms with Gasteiger partial charge in [0.1, 0.15) is 5.69 Å². The van der Waals surface area contributed by atoms with Gasteiger partial charge in [0, 0.05) is 5.92 Å². The molecular formula is C15H17N3O2. The van der Waals surface area contributed by atoms with Crippen molar-refractivity contribution in [2.45, 2.75) is 18.4 Å². The van der Waals surface area contributed by atoms with Crippen molar-refractivity contribution in [1.82, 2.24) is 9.97 Å². The molecule has 0 aliphatic heterocycles. The summed E-state index contributed by atoms with van der Waals surface area (Å²) in [4.78, 5) is 8.60. The number of methoxy groups -OCH3 is 2. The minimum Gasteiger partial charge on any atom is -0.480 e. The molecule has 1 heterocycles. The highest BCUT2D eigenvalue weighted by molar-refractivity contribution is 5.43. The Kier molecular flexibility index (Phi) is 3.28. The largest absolute Gasteiger partial charge is 0.480 e. The highest BCUT2D eigenvalue weighted by Gasteiger charge is 2.34. The van der Waals surface area contributed by atoms with Gasteiger partial charge in [-0.25, -0.2) is 4.98 Å². The van der Waals surface area contributed by atoms with E-state index >= 15 is 0 Å². The lowest BCUT2D eigenvalue weighted by Crippen LogP contribution is -2.30. The summed E-state index contributed by atoms with van der Waals surface area (Å²) < 4.78 is 10.3. The fraction of sp³-hybridized carbons (Fsp3) is 0.333. The van der Waals surface area contributed by atoms with E-state index < -0.39 is 0 Å². The van der Waals surface area contributed by atoms with E-state index in [1.54, 1.807) is 20.4 Å². The second kappa shape index (κ2) is 5.09. The first kappa shape index (κ1) is 12.9. The zero-order valence-corrected chi connectivity index (χ0v) is 11.5. The number of fused-ring (bicyclic) bond motifs is 1. The first-order valence-electron chi connectivity index (χ1n) is 6.53. The first-order valence-corrected chi connectivity index (χ1v) is 6.53. The van der Waals surface area contributed by atoms with Gasteiger partial charge < -0.3 is 15.2 Å². The summed E-state index contributed by atoms with van der Waals surface area (Å²) in [5.41, 5.74) is 9.68. The first-order chi connectivity index (χ1) is 9.74. The second-order valence-corrected chi connectivity index (χ2v) is 4.84. The van der Waals surface area contributed by atoms with Crippen molar-refractivity contribution in [3.05, 3.63) is 47.3 Å². The molecule has 0 amide bonds. The van der Waals surface area contributed by atoms with Crippen LogP contribution in [-0.2, 0) is 6.42 Å². The molecule has 1 aliphatic rings. The second-order valence-electron chi connectivity index (χ2n) is 4.84. The fourth-order valence-corrected chi connectivity index (χ4v) is 2.65. The standard InChI is InChI=1S/C15H17N3O2/c1-19-12-8-17-14(15(18-12)20-2)13(16)11-7-9-5-3-4-6-10(9)11/h3-6,8,11,13H,7,16H2,1-2H3. The van der Waals surface area contributed by atoms with Crippen LogP contribution >= 0.6 is 0 Å². The number of rotatable bonds is 4. The van der Waals surface area contributed by atoms with Crippen LogP contribution in [0.15, 0.2) is 30.5 Å². The van der Waals surface area contributed by atoms with Crippen LogP contribution in [-0.4, -0.2) is 24.2 Å². The maximum absolute atomic E-state index is 6.36. The van der Waals surface area contributed by atoms with Crippen molar-refractivity contribution in [2.75, 3.05) is 14.2 Å². The van der Waals surface area contributed by atoms with Gasteiger partial charge in [0.15, 0.2) is 0 Å². The Labute approximate surface area is 117 Å². The Bertz CT molecular complexity index is 630. The van der Waals surface area contributed by atoms with E-state index in [0.717, 1.165) is 6.42 Å². The van der Waals surface area contributed by atoms with Crippen LogP contribution in [0.1, 0.15) is 28.8 Å². The summed E-state index contributed by atoms with van der Waals surface area (Å²) in [6.45, 7) is 0. The lowest BCUT2D eigenvalue weighted by molar-refractivity contribution is 0.348. The van der Waals surface area contributed by atoms with Crippen LogP contribution in [0.3, 0.4) is 0 Å². The van der Waals surface area contributed by atoms with Gasteiger partial charge in [-0.05, 0) is 17.5 Å². The summed E-state index contributed by atoms with van der Waals surface area (Å²) in [5.74, 6) is 1.12. The Balaban J connectivity index is 1.90. The lowest BCUT2D eigenvalue weighted by Gasteiger charge is -2.34. The molecule has 3 rings (SSSR count). The molecule has 20 heavy (non-hydrogen) atoms. The number of hydrogen-bond acceptors (Lipinski definition) is 5. The average Bonchev–Trinajstić information content (AvgIpc) is 2.47. The Morgan fingerprint density at radius 3 is 2.75 bits per heavy atom. The number of hydrogen-bond donors (Lipinski definition) is 1. The average molecular weight is 271 g/mol. The van der Waals surface area contributed by atoms with Crippen LogP contribution in [0.4, 0.5) is 0 Å². The van der Waals surface area contributed by atoms with Crippen molar-refractivity contribution >= 4 is 0 Å². The molecule has 2 atom stereocenters. The summed E-state index contributed by atoms with van der Waals surface area (Å²) in [6.07, 6.45) is 2.54. The smallest absolute Gasteiger partial charge is 0.240 e. The third-order valence-electron chi connectivity index (χ3n) is 3.79. The van der Waals surface area contributed by atoms with Crippen molar-refractivity contribution in [3.63, 3.8) is 0 Å². The zero-order valence-electron chi connectivity index (χ0n) is 11.5. The van der Waals surface area contributed by atoms with Crippen molar-refractivity contribution in [3.8, 4) is 11.8 Å². The van der Waals surface area contributed by atoms with Gasteiger partial charge >= 0.3 is 0 Å². The van der Waals surface area contributed by atoms with Gasteiger partial charge in [0.05, 0.1) is 26.5 Å². The van der Waals surface area contributed by atoms with Crippen LogP contribution in [0, 0.1) is 0 Å². The van der Waals surface area contributed by atoms with E-state index in [9.17, 15) is 0 Å². The SMILES string of the molecule is COc1cnc(C(N)C2Cc3ccccc32)c(OC)n1. The summed E-state index contributed by atoms with van der Waals surface area (Å²) in [7, 11) is 3.11. The van der Waals surface area contributed by atoms with Crippen molar-refractivity contribution in [1.29, 1.82) is 0 Å². The van der Waals surface area contributed by atoms with Gasteiger partial charge in [0.2, 0.25) is 11.8 Å². The van der Waals surface area contributed by atoms with Crippen molar-refractivity contribution in [2.24, 2.45) is 5.73 Å². The number of ether oxygens (including phenoxy) is 2. The van der Waals surface area contributed by atoms with Crippen LogP contribution < -0.4 is 15.2 Å². The molecule has 1 aromatic carbocycles. The van der Waals surface area contributed by atoms with Gasteiger partial charge in [0.25, 0.3) is 0 Å². The van der Waals surface area contributed by atoms with Crippen LogP contribution in [0.5, 0.6) is 11.8 Å². The zero-order chi connectivity index (χ0) is 14.1. The molecular weight excluding hydrogens is 254 g/mol. The Hall–Kier alpha value is -2.14. The molecule has 0 saturated carbocycles. The predicted molar refractivity (Wildman–Crippen MR) is 75.0 cm³/mol. The summed E-state index contributed by atoms with van der Waals surface area (Å²) in [5, 5.41) is 0. The normalized spacial score (nSPS) is 17.9. The quantitative estimate of drug-likeness (QED) is 0.918. The highest BCUT2D eigenvalue weighted by Crippen LogP contribution is 2.43. The minimum absolute atomic E-state index is 0.224. The number of nitrogens with zero attached hydrogens (tertiary/aromatic N) is 2. The molecule has 2 aromatic rings. The third kappa shape index (κ3) is 2.00. The molecule has 104 valence electrons. The molecule has 0 fully saturated rings. The van der Waals surface area contributed by atoms with E-state index in [1.807, 2.05) is 12.1 Å². The molecule has 1 aliphatic carbocycles. The molecule has 5 nitrogen and oxygen atoms in total. The monoisotopic (exact) mass is 271 g/mol. The maximum Gasteiger partial charge on any atom is 0.240 e. The van der Waals surface area contributed by atoms with Gasteiger partial charge in [-0.2, -0.15) is 4.98 Å². The molecule has 2 unspecified atom stereocenters. The van der Waals surface area contributed by atoms with E-state index in [4.69, 9.17) is 15.2 Å². The predicted octanol–water partition coefficient (Wildman–Crippen LogP) is 1.83. The lowest BCUT2D eigenvalue weighted by atomic mass is 9.73. The molecule has 0 spiro atoms. The maximum atomic E-state index is 6.36. The molecule has 5 heteroatoms. The molecule has 0 saturated heterocycles. The van der Waals surface area contributed by atoms with Gasteiger partial charge in [-0.3, -0.25) is 0 Å². The van der Waals surface area contributed by atoms with Crippen molar-refractivity contribution < 1.29 is 9.47 Å². The molecule has 1 aromatic heterocycles. The van der Waals surface area contributed by atoms with Gasteiger partial charge in [-0.15, -0.1) is 0 Å². The highest BCUT2D eigenvalue weighted by atomic mass is 16.5. The number of benzene rings is 1. The van der Waals surface area contributed by atoms with E-state index in [-0.39, 0.29) is 12.0 Å². The van der Waals surface area contributed by atoms with Gasteiger partial charge in [-0.1, -0.05) is 24.3 Å². The summed E-state index contributed by atoms with van der Waals surface area (Å²) >= 11 is 0. The minimum atomic E-state index is -0.224. The van der Waals surface area contributed by atoms with E-state index in [2.05, 4.69) is 22.1 Å². The Morgan fingerprint density at radius 2 is 2.05 bits per heavy atom. The topological polar surface area (TPSA) is 70.3 Å². The third-order valence-corrected chi connectivity index (χ3v) is 3.79. The van der Waals surface area contributed by atoms with Crippen LogP contribution in [0.2, 0.25) is 0 Å². The molecule has 0 radical (unpaired) electrons. The molecule has 0 bridgehead atoms. The summed E-state index contributed by atoms with van der Waals surface area (Å²) in [6, 6.07) is 8.11. The molecule has 2 N–H and O–H groups in total.